The van der Waals surface area contributed by atoms with E-state index < -0.39 is 0 Å². The lowest BCUT2D eigenvalue weighted by atomic mass is 10.1. The summed E-state index contributed by atoms with van der Waals surface area (Å²) in [5.74, 6) is 0.845. The summed E-state index contributed by atoms with van der Waals surface area (Å²) >= 11 is 0. The van der Waals surface area contributed by atoms with Crippen LogP contribution in [0.1, 0.15) is 22.8 Å². The van der Waals surface area contributed by atoms with Crippen LogP contribution in [0.25, 0.3) is 0 Å². The molecule has 1 unspecified atom stereocenters. The first kappa shape index (κ1) is 16.3. The topological polar surface area (TPSA) is 36.3 Å². The number of aryl methyl sites for hydroxylation is 1. The summed E-state index contributed by atoms with van der Waals surface area (Å²) in [7, 11) is 1.68. The van der Waals surface area contributed by atoms with Crippen LogP contribution in [-0.2, 0) is 17.9 Å². The van der Waals surface area contributed by atoms with E-state index in [2.05, 4.69) is 36.2 Å². The Morgan fingerprint density at radius 1 is 1.12 bits per heavy atom. The van der Waals surface area contributed by atoms with Gasteiger partial charge in [-0.1, -0.05) is 42.0 Å². The van der Waals surface area contributed by atoms with Gasteiger partial charge in [-0.25, -0.2) is 4.98 Å². The predicted molar refractivity (Wildman–Crippen MR) is 93.9 cm³/mol. The minimum atomic E-state index is -0.0368. The van der Waals surface area contributed by atoms with Gasteiger partial charge in [0.05, 0.1) is 26.6 Å². The molecule has 3 aromatic rings. The number of hydrogen-bond acceptors (Lipinski definition) is 3. The summed E-state index contributed by atoms with van der Waals surface area (Å²) < 4.78 is 13.6. The molecular weight excluding hydrogens is 300 g/mol. The zero-order valence-corrected chi connectivity index (χ0v) is 14.1. The number of nitrogens with zero attached hydrogens (tertiary/aromatic N) is 2. The van der Waals surface area contributed by atoms with Gasteiger partial charge in [0.1, 0.15) is 11.9 Å². The Morgan fingerprint density at radius 2 is 2.00 bits per heavy atom. The van der Waals surface area contributed by atoms with Gasteiger partial charge in [-0.2, -0.15) is 0 Å². The lowest BCUT2D eigenvalue weighted by molar-refractivity contribution is 0.0278. The van der Waals surface area contributed by atoms with Crippen molar-refractivity contribution in [2.75, 3.05) is 7.11 Å². The molecule has 0 aliphatic rings. The highest BCUT2D eigenvalue weighted by Crippen LogP contribution is 2.23. The first-order valence-corrected chi connectivity index (χ1v) is 8.01. The summed E-state index contributed by atoms with van der Waals surface area (Å²) in [6.07, 6.45) is 5.52. The van der Waals surface area contributed by atoms with Crippen LogP contribution in [0.5, 0.6) is 5.75 Å². The van der Waals surface area contributed by atoms with Gasteiger partial charge >= 0.3 is 0 Å². The van der Waals surface area contributed by atoms with Crippen molar-refractivity contribution in [2.45, 2.75) is 26.2 Å². The van der Waals surface area contributed by atoms with Gasteiger partial charge in [0.2, 0.25) is 0 Å². The maximum atomic E-state index is 6.24. The van der Waals surface area contributed by atoms with Crippen LogP contribution in [0.2, 0.25) is 0 Å². The molecule has 0 N–H and O–H groups in total. The Labute approximate surface area is 142 Å². The van der Waals surface area contributed by atoms with E-state index in [1.165, 1.54) is 11.1 Å². The molecule has 1 aromatic heterocycles. The van der Waals surface area contributed by atoms with Gasteiger partial charge < -0.3 is 14.0 Å². The minimum Gasteiger partial charge on any atom is -0.497 e. The third-order valence-corrected chi connectivity index (χ3v) is 3.94. The Balaban J connectivity index is 1.76. The highest BCUT2D eigenvalue weighted by Gasteiger charge is 2.13. The van der Waals surface area contributed by atoms with E-state index in [-0.39, 0.29) is 6.10 Å². The van der Waals surface area contributed by atoms with Crippen molar-refractivity contribution >= 4 is 0 Å². The Kier molecular flexibility index (Phi) is 5.29. The van der Waals surface area contributed by atoms with Crippen LogP contribution in [0.4, 0.5) is 0 Å². The van der Waals surface area contributed by atoms with Crippen molar-refractivity contribution in [3.05, 3.63) is 83.9 Å². The highest BCUT2D eigenvalue weighted by atomic mass is 16.5. The van der Waals surface area contributed by atoms with Crippen molar-refractivity contribution in [3.8, 4) is 5.75 Å². The molecule has 0 saturated carbocycles. The van der Waals surface area contributed by atoms with Crippen molar-refractivity contribution in [1.82, 2.24) is 9.55 Å². The standard InChI is InChI=1S/C20H22N2O2/c1-16-5-3-7-18(11-16)20(13-22-10-9-21-15-22)24-14-17-6-4-8-19(12-17)23-2/h3-12,15,20H,13-14H2,1-2H3. The fraction of sp³-hybridized carbons (Fsp3) is 0.250. The zero-order chi connectivity index (χ0) is 16.8. The quantitative estimate of drug-likeness (QED) is 0.655. The number of imidazole rings is 1. The molecule has 0 aliphatic carbocycles. The lowest BCUT2D eigenvalue weighted by Gasteiger charge is -2.20. The minimum absolute atomic E-state index is 0.0368. The van der Waals surface area contributed by atoms with Crippen LogP contribution in [0.3, 0.4) is 0 Å². The van der Waals surface area contributed by atoms with Crippen LogP contribution in [-0.4, -0.2) is 16.7 Å². The smallest absolute Gasteiger partial charge is 0.119 e. The summed E-state index contributed by atoms with van der Waals surface area (Å²) in [5.41, 5.74) is 3.50. The summed E-state index contributed by atoms with van der Waals surface area (Å²) in [4.78, 5) is 4.12. The number of aromatic nitrogens is 2. The average molecular weight is 322 g/mol. The normalized spacial score (nSPS) is 12.1. The molecule has 3 rings (SSSR count). The summed E-state index contributed by atoms with van der Waals surface area (Å²) in [6, 6.07) is 16.4. The maximum Gasteiger partial charge on any atom is 0.119 e. The van der Waals surface area contributed by atoms with Gasteiger partial charge in [0.25, 0.3) is 0 Å². The molecule has 1 atom stereocenters. The molecule has 0 radical (unpaired) electrons. The number of benzene rings is 2. The van der Waals surface area contributed by atoms with E-state index >= 15 is 0 Å². The molecule has 0 fully saturated rings. The molecule has 0 bridgehead atoms. The first-order chi connectivity index (χ1) is 11.7. The maximum absolute atomic E-state index is 6.24. The Hall–Kier alpha value is -2.59. The number of methoxy groups -OCH3 is 1. The molecule has 0 aliphatic heterocycles. The number of ether oxygens (including phenoxy) is 2. The highest BCUT2D eigenvalue weighted by molar-refractivity contribution is 5.28. The zero-order valence-electron chi connectivity index (χ0n) is 14.1. The van der Waals surface area contributed by atoms with Crippen LogP contribution >= 0.6 is 0 Å². The largest absolute Gasteiger partial charge is 0.497 e. The lowest BCUT2D eigenvalue weighted by Crippen LogP contribution is -2.12. The average Bonchev–Trinajstić information content (AvgIpc) is 3.12. The summed E-state index contributed by atoms with van der Waals surface area (Å²) in [6.45, 7) is 3.36. The van der Waals surface area contributed by atoms with E-state index in [0.29, 0.717) is 6.61 Å². The van der Waals surface area contributed by atoms with Gasteiger partial charge in [-0.3, -0.25) is 0 Å². The molecular formula is C20H22N2O2. The fourth-order valence-electron chi connectivity index (χ4n) is 2.67. The molecule has 124 valence electrons. The molecule has 4 heteroatoms. The molecule has 0 amide bonds. The number of rotatable bonds is 7. The Morgan fingerprint density at radius 3 is 2.75 bits per heavy atom. The van der Waals surface area contributed by atoms with Gasteiger partial charge in [-0.05, 0) is 30.2 Å². The third-order valence-electron chi connectivity index (χ3n) is 3.94. The molecule has 0 spiro atoms. The summed E-state index contributed by atoms with van der Waals surface area (Å²) in [5, 5.41) is 0. The van der Waals surface area contributed by atoms with E-state index in [0.717, 1.165) is 17.9 Å². The Bertz CT molecular complexity index is 769. The van der Waals surface area contributed by atoms with E-state index in [1.807, 2.05) is 41.4 Å². The van der Waals surface area contributed by atoms with Gasteiger partial charge in [0.15, 0.2) is 0 Å². The van der Waals surface area contributed by atoms with Crippen LogP contribution < -0.4 is 4.74 Å². The van der Waals surface area contributed by atoms with E-state index in [1.54, 1.807) is 13.3 Å². The van der Waals surface area contributed by atoms with E-state index in [4.69, 9.17) is 9.47 Å². The number of hydrogen-bond donors (Lipinski definition) is 0. The van der Waals surface area contributed by atoms with Crippen molar-refractivity contribution in [1.29, 1.82) is 0 Å². The molecule has 1 heterocycles. The first-order valence-electron chi connectivity index (χ1n) is 8.01. The SMILES string of the molecule is COc1cccc(COC(Cn2ccnc2)c2cccc(C)c2)c1. The van der Waals surface area contributed by atoms with Crippen LogP contribution in [0.15, 0.2) is 67.3 Å². The molecule has 4 nitrogen and oxygen atoms in total. The molecule has 2 aromatic carbocycles. The van der Waals surface area contributed by atoms with Crippen molar-refractivity contribution in [2.24, 2.45) is 0 Å². The van der Waals surface area contributed by atoms with Gasteiger partial charge in [-0.15, -0.1) is 0 Å². The van der Waals surface area contributed by atoms with Crippen molar-refractivity contribution in [3.63, 3.8) is 0 Å². The predicted octanol–water partition coefficient (Wildman–Crippen LogP) is 4.16. The van der Waals surface area contributed by atoms with E-state index in [9.17, 15) is 0 Å². The second-order valence-corrected chi connectivity index (χ2v) is 5.82. The van der Waals surface area contributed by atoms with Gasteiger partial charge in [0, 0.05) is 12.4 Å². The second kappa shape index (κ2) is 7.79. The third kappa shape index (κ3) is 4.24. The molecule has 0 saturated heterocycles. The fourth-order valence-corrected chi connectivity index (χ4v) is 2.67. The van der Waals surface area contributed by atoms with Crippen LogP contribution in [0, 0.1) is 6.92 Å². The molecule has 24 heavy (non-hydrogen) atoms. The van der Waals surface area contributed by atoms with Crippen molar-refractivity contribution < 1.29 is 9.47 Å². The monoisotopic (exact) mass is 322 g/mol. The second-order valence-electron chi connectivity index (χ2n) is 5.82.